The van der Waals surface area contributed by atoms with Gasteiger partial charge >= 0.3 is 12.1 Å². The quantitative estimate of drug-likeness (QED) is 0.788. The van der Waals surface area contributed by atoms with Crippen molar-refractivity contribution in [2.24, 2.45) is 0 Å². The van der Waals surface area contributed by atoms with Crippen molar-refractivity contribution in [3.8, 4) is 5.75 Å². The molecule has 1 aliphatic rings. The van der Waals surface area contributed by atoms with Crippen LogP contribution in [0.2, 0.25) is 0 Å². The predicted molar refractivity (Wildman–Crippen MR) is 78.9 cm³/mol. The van der Waals surface area contributed by atoms with E-state index in [0.717, 1.165) is 5.06 Å². The minimum atomic E-state index is -5.07. The number of hydrogen-bond acceptors (Lipinski definition) is 4. The molecule has 0 spiro atoms. The standard InChI is InChI=1S/C17H13F4NO3/c18-13-8-6-12(7-9-13)16(24-14-4-2-1-3-5-14)10-22(11-16)25-15(23)17(19,20)21/h1-9H,10-11H2. The van der Waals surface area contributed by atoms with E-state index < -0.39 is 23.6 Å². The second-order valence-electron chi connectivity index (χ2n) is 5.59. The van der Waals surface area contributed by atoms with E-state index in [2.05, 4.69) is 4.84 Å². The van der Waals surface area contributed by atoms with Crippen LogP contribution in [0.5, 0.6) is 5.75 Å². The van der Waals surface area contributed by atoms with Crippen LogP contribution in [0.15, 0.2) is 54.6 Å². The van der Waals surface area contributed by atoms with Crippen molar-refractivity contribution in [3.05, 3.63) is 66.0 Å². The van der Waals surface area contributed by atoms with Crippen LogP contribution in [-0.2, 0) is 15.2 Å². The first-order chi connectivity index (χ1) is 11.8. The van der Waals surface area contributed by atoms with Gasteiger partial charge in [0.2, 0.25) is 0 Å². The van der Waals surface area contributed by atoms with Gasteiger partial charge in [0.05, 0.1) is 13.1 Å². The van der Waals surface area contributed by atoms with Gasteiger partial charge in [-0.3, -0.25) is 0 Å². The topological polar surface area (TPSA) is 38.8 Å². The van der Waals surface area contributed by atoms with Crippen molar-refractivity contribution in [2.75, 3.05) is 13.1 Å². The molecule has 1 aliphatic heterocycles. The molecule has 25 heavy (non-hydrogen) atoms. The summed E-state index contributed by atoms with van der Waals surface area (Å²) in [5.41, 5.74) is -0.474. The van der Waals surface area contributed by atoms with Crippen LogP contribution in [0.4, 0.5) is 17.6 Å². The second-order valence-corrected chi connectivity index (χ2v) is 5.59. The van der Waals surface area contributed by atoms with Gasteiger partial charge in [0.15, 0.2) is 5.60 Å². The first kappa shape index (κ1) is 17.2. The number of benzene rings is 2. The van der Waals surface area contributed by atoms with Crippen molar-refractivity contribution >= 4 is 5.97 Å². The summed E-state index contributed by atoms with van der Waals surface area (Å²) in [6, 6.07) is 14.1. The monoisotopic (exact) mass is 355 g/mol. The molecule has 0 saturated carbocycles. The maximum Gasteiger partial charge on any atom is 0.492 e. The van der Waals surface area contributed by atoms with Crippen molar-refractivity contribution in [3.63, 3.8) is 0 Å². The largest absolute Gasteiger partial charge is 0.492 e. The van der Waals surface area contributed by atoms with Gasteiger partial charge < -0.3 is 9.57 Å². The minimum Gasteiger partial charge on any atom is -0.480 e. The van der Waals surface area contributed by atoms with E-state index in [1.54, 1.807) is 30.3 Å². The summed E-state index contributed by atoms with van der Waals surface area (Å²) in [4.78, 5) is 15.2. The summed E-state index contributed by atoms with van der Waals surface area (Å²) in [5, 5.41) is 0.863. The highest BCUT2D eigenvalue weighted by Crippen LogP contribution is 2.37. The molecule has 1 heterocycles. The fourth-order valence-electron chi connectivity index (χ4n) is 2.53. The van der Waals surface area contributed by atoms with Crippen LogP contribution >= 0.6 is 0 Å². The highest BCUT2D eigenvalue weighted by molar-refractivity contribution is 5.75. The van der Waals surface area contributed by atoms with Crippen LogP contribution in [0.3, 0.4) is 0 Å². The lowest BCUT2D eigenvalue weighted by atomic mass is 9.87. The Balaban J connectivity index is 1.78. The number of ether oxygens (including phenoxy) is 1. The lowest BCUT2D eigenvalue weighted by Crippen LogP contribution is -2.63. The van der Waals surface area contributed by atoms with Gasteiger partial charge in [0.1, 0.15) is 11.6 Å². The summed E-state index contributed by atoms with van der Waals surface area (Å²) < 4.78 is 56.0. The van der Waals surface area contributed by atoms with Crippen molar-refractivity contribution in [1.29, 1.82) is 0 Å². The molecule has 4 nitrogen and oxygen atoms in total. The molecule has 0 atom stereocenters. The van der Waals surface area contributed by atoms with E-state index in [-0.39, 0.29) is 13.1 Å². The molecule has 8 heteroatoms. The first-order valence-electron chi connectivity index (χ1n) is 7.33. The number of carbonyl (C=O) groups excluding carboxylic acids is 1. The van der Waals surface area contributed by atoms with Gasteiger partial charge in [-0.1, -0.05) is 30.3 Å². The zero-order valence-electron chi connectivity index (χ0n) is 12.8. The van der Waals surface area contributed by atoms with Crippen LogP contribution in [-0.4, -0.2) is 30.3 Å². The van der Waals surface area contributed by atoms with E-state index in [9.17, 15) is 22.4 Å². The highest BCUT2D eigenvalue weighted by atomic mass is 19.4. The summed E-state index contributed by atoms with van der Waals surface area (Å²) in [5.74, 6) is -2.24. The predicted octanol–water partition coefficient (Wildman–Crippen LogP) is 3.44. The zero-order valence-corrected chi connectivity index (χ0v) is 12.8. The fraction of sp³-hybridized carbons (Fsp3) is 0.235. The van der Waals surface area contributed by atoms with E-state index >= 15 is 0 Å². The Hall–Kier alpha value is -2.61. The Kier molecular flexibility index (Phi) is 4.38. The molecule has 132 valence electrons. The molecule has 1 fully saturated rings. The van der Waals surface area contributed by atoms with E-state index in [1.807, 2.05) is 0 Å². The second kappa shape index (κ2) is 6.36. The van der Waals surface area contributed by atoms with Gasteiger partial charge in [-0.2, -0.15) is 13.2 Å². The number of hydroxylamine groups is 2. The average molecular weight is 355 g/mol. The smallest absolute Gasteiger partial charge is 0.480 e. The number of rotatable bonds is 4. The molecular formula is C17H13F4NO3. The molecule has 0 amide bonds. The molecule has 0 radical (unpaired) electrons. The molecule has 1 saturated heterocycles. The third-order valence-electron chi connectivity index (χ3n) is 3.73. The van der Waals surface area contributed by atoms with Crippen LogP contribution < -0.4 is 4.74 Å². The van der Waals surface area contributed by atoms with Crippen LogP contribution in [0.1, 0.15) is 5.56 Å². The Morgan fingerprint density at radius 1 is 1.00 bits per heavy atom. The number of alkyl halides is 3. The maximum atomic E-state index is 13.2. The van der Waals surface area contributed by atoms with Crippen molar-refractivity contribution in [2.45, 2.75) is 11.8 Å². The normalized spacial score (nSPS) is 16.8. The number of para-hydroxylation sites is 1. The SMILES string of the molecule is O=C(ON1CC(Oc2ccccc2)(c2ccc(F)cc2)C1)C(F)(F)F. The van der Waals surface area contributed by atoms with E-state index in [0.29, 0.717) is 11.3 Å². The number of hydrogen-bond donors (Lipinski definition) is 0. The number of carbonyl (C=O) groups is 1. The molecule has 0 bridgehead atoms. The Bertz CT molecular complexity index is 741. The van der Waals surface area contributed by atoms with Gasteiger partial charge in [-0.25, -0.2) is 9.18 Å². The number of nitrogens with zero attached hydrogens (tertiary/aromatic N) is 1. The molecule has 3 rings (SSSR count). The molecule has 2 aromatic carbocycles. The third kappa shape index (κ3) is 3.74. The summed E-state index contributed by atoms with van der Waals surface area (Å²) in [7, 11) is 0. The summed E-state index contributed by atoms with van der Waals surface area (Å²) in [6.45, 7) is -0.231. The highest BCUT2D eigenvalue weighted by Gasteiger charge is 2.52. The fourth-order valence-corrected chi connectivity index (χ4v) is 2.53. The molecule has 2 aromatic rings. The van der Waals surface area contributed by atoms with Crippen molar-refractivity contribution in [1.82, 2.24) is 5.06 Å². The lowest BCUT2D eigenvalue weighted by molar-refractivity contribution is -0.282. The molecular weight excluding hydrogens is 342 g/mol. The Morgan fingerprint density at radius 3 is 2.16 bits per heavy atom. The summed E-state index contributed by atoms with van der Waals surface area (Å²) >= 11 is 0. The number of halogens is 4. The maximum absolute atomic E-state index is 13.2. The van der Waals surface area contributed by atoms with Gasteiger partial charge in [-0.15, -0.1) is 5.06 Å². The summed E-state index contributed by atoms with van der Waals surface area (Å²) in [6.07, 6.45) is -5.07. The Labute approximate surface area is 140 Å². The Morgan fingerprint density at radius 2 is 1.60 bits per heavy atom. The van der Waals surface area contributed by atoms with E-state index in [4.69, 9.17) is 4.74 Å². The van der Waals surface area contributed by atoms with Crippen LogP contribution in [0.25, 0.3) is 0 Å². The minimum absolute atomic E-state index is 0.116. The molecule has 0 aromatic heterocycles. The van der Waals surface area contributed by atoms with Gasteiger partial charge in [0, 0.05) is 0 Å². The third-order valence-corrected chi connectivity index (χ3v) is 3.73. The molecule has 0 N–H and O–H groups in total. The zero-order chi connectivity index (χ0) is 18.1. The van der Waals surface area contributed by atoms with Crippen molar-refractivity contribution < 1.29 is 31.9 Å². The van der Waals surface area contributed by atoms with Crippen LogP contribution in [0, 0.1) is 5.82 Å². The lowest BCUT2D eigenvalue weighted by Gasteiger charge is -2.48. The molecule has 0 unspecified atom stereocenters. The average Bonchev–Trinajstić information content (AvgIpc) is 2.53. The molecule has 0 aliphatic carbocycles. The van der Waals surface area contributed by atoms with Gasteiger partial charge in [-0.05, 0) is 29.8 Å². The van der Waals surface area contributed by atoms with Gasteiger partial charge in [0.25, 0.3) is 0 Å². The first-order valence-corrected chi connectivity index (χ1v) is 7.33. The van der Waals surface area contributed by atoms with E-state index in [1.165, 1.54) is 24.3 Å².